The van der Waals surface area contributed by atoms with Crippen LogP contribution < -0.4 is 4.72 Å². The molecule has 1 N–H and O–H groups in total. The fourth-order valence-corrected chi connectivity index (χ4v) is 3.35. The zero-order chi connectivity index (χ0) is 15.6. The number of sulfonamides is 1. The number of rotatable bonds is 4. The molecule has 9 heteroatoms. The first-order valence-corrected chi connectivity index (χ1v) is 7.79. The van der Waals surface area contributed by atoms with Crippen molar-refractivity contribution >= 4 is 37.3 Å². The summed E-state index contributed by atoms with van der Waals surface area (Å²) in [7, 11) is -4.17. The highest BCUT2D eigenvalue weighted by molar-refractivity contribution is 9.10. The van der Waals surface area contributed by atoms with E-state index in [1.807, 2.05) is 0 Å². The molecule has 0 aliphatic heterocycles. The van der Waals surface area contributed by atoms with Crippen molar-refractivity contribution in [1.29, 1.82) is 0 Å². The first-order valence-electron chi connectivity index (χ1n) is 5.52. The third kappa shape index (κ3) is 3.56. The molecule has 0 aromatic heterocycles. The summed E-state index contributed by atoms with van der Waals surface area (Å²) in [5.74, 6) is -0.522. The molecule has 0 bridgehead atoms. The van der Waals surface area contributed by atoms with Crippen molar-refractivity contribution in [2.45, 2.75) is 4.90 Å². The van der Waals surface area contributed by atoms with E-state index < -0.39 is 31.3 Å². The van der Waals surface area contributed by atoms with Gasteiger partial charge in [0.05, 0.1) is 4.92 Å². The molecule has 0 saturated carbocycles. The van der Waals surface area contributed by atoms with Gasteiger partial charge in [0.15, 0.2) is 4.90 Å². The Morgan fingerprint density at radius 1 is 1.14 bits per heavy atom. The lowest BCUT2D eigenvalue weighted by molar-refractivity contribution is -0.387. The van der Waals surface area contributed by atoms with Crippen molar-refractivity contribution in [3.8, 4) is 0 Å². The molecule has 0 fully saturated rings. The largest absolute Gasteiger partial charge is 0.289 e. The zero-order valence-corrected chi connectivity index (χ0v) is 12.7. The number of hydrogen-bond donors (Lipinski definition) is 1. The van der Waals surface area contributed by atoms with Gasteiger partial charge in [0.2, 0.25) is 0 Å². The Labute approximate surface area is 127 Å². The zero-order valence-electron chi connectivity index (χ0n) is 10.3. The maximum absolute atomic E-state index is 12.8. The van der Waals surface area contributed by atoms with Gasteiger partial charge < -0.3 is 0 Å². The van der Waals surface area contributed by atoms with Crippen LogP contribution >= 0.6 is 15.9 Å². The Morgan fingerprint density at radius 2 is 1.76 bits per heavy atom. The molecular weight excluding hydrogens is 367 g/mol. The first-order chi connectivity index (χ1) is 9.79. The molecule has 2 aromatic rings. The molecule has 0 aliphatic carbocycles. The molecular formula is C12H8BrFN2O4S. The molecule has 0 aliphatic rings. The van der Waals surface area contributed by atoms with E-state index in [-0.39, 0.29) is 5.69 Å². The van der Waals surface area contributed by atoms with Crippen molar-refractivity contribution in [1.82, 2.24) is 0 Å². The third-order valence-electron chi connectivity index (χ3n) is 2.50. The van der Waals surface area contributed by atoms with Crippen LogP contribution in [-0.2, 0) is 10.0 Å². The Hall–Kier alpha value is -2.00. The highest BCUT2D eigenvalue weighted by Gasteiger charge is 2.26. The average molecular weight is 375 g/mol. The van der Waals surface area contributed by atoms with Crippen molar-refractivity contribution in [2.75, 3.05) is 4.72 Å². The second kappa shape index (κ2) is 5.78. The molecule has 2 aromatic carbocycles. The van der Waals surface area contributed by atoms with Gasteiger partial charge in [0.1, 0.15) is 5.82 Å². The summed E-state index contributed by atoms with van der Waals surface area (Å²) in [4.78, 5) is 9.66. The minimum Gasteiger partial charge on any atom is -0.279 e. The Balaban J connectivity index is 2.46. The maximum atomic E-state index is 12.8. The molecule has 6 nitrogen and oxygen atoms in total. The number of benzene rings is 2. The van der Waals surface area contributed by atoms with E-state index in [2.05, 4.69) is 20.7 Å². The number of anilines is 1. The van der Waals surface area contributed by atoms with E-state index in [1.54, 1.807) is 0 Å². The van der Waals surface area contributed by atoms with Crippen molar-refractivity contribution in [3.63, 3.8) is 0 Å². The van der Waals surface area contributed by atoms with Gasteiger partial charge in [-0.1, -0.05) is 15.9 Å². The van der Waals surface area contributed by atoms with E-state index >= 15 is 0 Å². The second-order valence-electron chi connectivity index (χ2n) is 3.98. The number of hydrogen-bond acceptors (Lipinski definition) is 4. The van der Waals surface area contributed by atoms with Crippen LogP contribution in [-0.4, -0.2) is 13.3 Å². The van der Waals surface area contributed by atoms with Crippen LogP contribution in [0.15, 0.2) is 51.8 Å². The summed E-state index contributed by atoms with van der Waals surface area (Å²) in [5.41, 5.74) is -0.446. The van der Waals surface area contributed by atoms with Crippen LogP contribution in [0, 0.1) is 15.9 Å². The lowest BCUT2D eigenvalue weighted by Crippen LogP contribution is -2.14. The van der Waals surface area contributed by atoms with Crippen molar-refractivity contribution in [2.24, 2.45) is 0 Å². The summed E-state index contributed by atoms with van der Waals surface area (Å²) >= 11 is 3.07. The van der Waals surface area contributed by atoms with Crippen LogP contribution in [0.4, 0.5) is 15.8 Å². The van der Waals surface area contributed by atoms with Gasteiger partial charge in [-0.3, -0.25) is 14.8 Å². The SMILES string of the molecule is O=[N+]([O-])c1ccc(Br)cc1S(=O)(=O)Nc1ccc(F)cc1. The fraction of sp³-hybridized carbons (Fsp3) is 0. The molecule has 0 saturated heterocycles. The smallest absolute Gasteiger partial charge is 0.279 e. The van der Waals surface area contributed by atoms with E-state index in [0.717, 1.165) is 24.3 Å². The van der Waals surface area contributed by atoms with Gasteiger partial charge >= 0.3 is 0 Å². The number of nitrogens with zero attached hydrogens (tertiary/aromatic N) is 1. The highest BCUT2D eigenvalue weighted by Crippen LogP contribution is 2.28. The quantitative estimate of drug-likeness (QED) is 0.656. The van der Waals surface area contributed by atoms with Crippen LogP contribution in [0.2, 0.25) is 0 Å². The Bertz CT molecular complexity index is 793. The van der Waals surface area contributed by atoms with Gasteiger partial charge in [-0.05, 0) is 36.4 Å². The monoisotopic (exact) mass is 374 g/mol. The van der Waals surface area contributed by atoms with Crippen molar-refractivity contribution in [3.05, 3.63) is 62.9 Å². The standard InChI is InChI=1S/C12H8BrFN2O4S/c13-8-1-6-11(16(17)18)12(7-8)21(19,20)15-10-4-2-9(14)3-5-10/h1-7,15H. The third-order valence-corrected chi connectivity index (χ3v) is 4.41. The Kier molecular flexibility index (Phi) is 4.24. The normalized spacial score (nSPS) is 11.1. The summed E-state index contributed by atoms with van der Waals surface area (Å²) in [6, 6.07) is 8.18. The molecule has 0 spiro atoms. The number of halogens is 2. The topological polar surface area (TPSA) is 89.3 Å². The molecule has 0 heterocycles. The molecule has 21 heavy (non-hydrogen) atoms. The number of nitro benzene ring substituents is 1. The minimum absolute atomic E-state index is 0.102. The number of nitro groups is 1. The van der Waals surface area contributed by atoms with Gasteiger partial charge in [0.25, 0.3) is 15.7 Å². The predicted molar refractivity (Wildman–Crippen MR) is 78.0 cm³/mol. The van der Waals surface area contributed by atoms with Gasteiger partial charge in [0, 0.05) is 16.2 Å². The molecule has 2 rings (SSSR count). The predicted octanol–water partition coefficient (Wildman–Crippen LogP) is 3.30. The van der Waals surface area contributed by atoms with Gasteiger partial charge in [-0.2, -0.15) is 0 Å². The average Bonchev–Trinajstić information content (AvgIpc) is 2.41. The molecule has 0 amide bonds. The van der Waals surface area contributed by atoms with Gasteiger partial charge in [-0.15, -0.1) is 0 Å². The maximum Gasteiger partial charge on any atom is 0.289 e. The van der Waals surface area contributed by atoms with Gasteiger partial charge in [-0.25, -0.2) is 12.8 Å². The van der Waals surface area contributed by atoms with Crippen molar-refractivity contribution < 1.29 is 17.7 Å². The van der Waals surface area contributed by atoms with E-state index in [4.69, 9.17) is 0 Å². The fourth-order valence-electron chi connectivity index (χ4n) is 1.58. The summed E-state index contributed by atoms with van der Waals surface area (Å²) in [6.07, 6.45) is 0. The number of nitrogens with one attached hydrogen (secondary N) is 1. The molecule has 0 unspecified atom stereocenters. The van der Waals surface area contributed by atoms with Crippen LogP contribution in [0.25, 0.3) is 0 Å². The highest BCUT2D eigenvalue weighted by atomic mass is 79.9. The van der Waals surface area contributed by atoms with Crippen LogP contribution in [0.3, 0.4) is 0 Å². The van der Waals surface area contributed by atoms with E-state index in [0.29, 0.717) is 4.47 Å². The second-order valence-corrected chi connectivity index (χ2v) is 6.55. The lowest BCUT2D eigenvalue weighted by atomic mass is 10.3. The van der Waals surface area contributed by atoms with Crippen LogP contribution in [0.1, 0.15) is 0 Å². The van der Waals surface area contributed by atoms with E-state index in [1.165, 1.54) is 18.2 Å². The van der Waals surface area contributed by atoms with Crippen LogP contribution in [0.5, 0.6) is 0 Å². The molecule has 110 valence electrons. The Morgan fingerprint density at radius 3 is 2.33 bits per heavy atom. The molecule has 0 radical (unpaired) electrons. The van der Waals surface area contributed by atoms with E-state index in [9.17, 15) is 22.9 Å². The first kappa shape index (κ1) is 15.4. The summed E-state index contributed by atoms with van der Waals surface area (Å²) < 4.78 is 39.8. The lowest BCUT2D eigenvalue weighted by Gasteiger charge is -2.08. The molecule has 0 atom stereocenters. The minimum atomic E-state index is -4.17. The summed E-state index contributed by atoms with van der Waals surface area (Å²) in [5, 5.41) is 10.9. The summed E-state index contributed by atoms with van der Waals surface area (Å²) in [6.45, 7) is 0.